The maximum Gasteiger partial charge on any atom is 0.251 e. The van der Waals surface area contributed by atoms with Crippen molar-refractivity contribution in [3.05, 3.63) is 65.2 Å². The molecular weight excluding hydrogens is 290 g/mol. The molecule has 0 saturated heterocycles. The van der Waals surface area contributed by atoms with E-state index >= 15 is 0 Å². The molecule has 2 amide bonds. The number of para-hydroxylation sites is 1. The normalized spacial score (nSPS) is 15.4. The third-order valence-electron chi connectivity index (χ3n) is 3.88. The van der Waals surface area contributed by atoms with E-state index in [-0.39, 0.29) is 17.7 Å². The lowest BCUT2D eigenvalue weighted by molar-refractivity contribution is -0.117. The summed E-state index contributed by atoms with van der Waals surface area (Å²) in [5, 5.41) is 14.5. The minimum absolute atomic E-state index is 0.0353. The van der Waals surface area contributed by atoms with Crippen LogP contribution in [0.1, 0.15) is 33.8 Å². The van der Waals surface area contributed by atoms with Crippen molar-refractivity contribution in [1.82, 2.24) is 5.32 Å². The number of nitrogens with one attached hydrogen (secondary N) is 2. The van der Waals surface area contributed by atoms with Gasteiger partial charge in [-0.2, -0.15) is 5.26 Å². The van der Waals surface area contributed by atoms with Gasteiger partial charge >= 0.3 is 0 Å². The van der Waals surface area contributed by atoms with Gasteiger partial charge in [-0.05, 0) is 36.2 Å². The van der Waals surface area contributed by atoms with Crippen LogP contribution in [0.15, 0.2) is 48.5 Å². The summed E-state index contributed by atoms with van der Waals surface area (Å²) in [6.07, 6.45) is 0.534. The molecule has 1 aliphatic rings. The van der Waals surface area contributed by atoms with Crippen molar-refractivity contribution in [2.75, 3.05) is 11.9 Å². The Bertz CT molecular complexity index is 808. The van der Waals surface area contributed by atoms with Gasteiger partial charge < -0.3 is 10.6 Å². The molecule has 5 nitrogen and oxygen atoms in total. The molecule has 1 aliphatic heterocycles. The minimum atomic E-state index is -0.242. The number of nitriles is 1. The first kappa shape index (κ1) is 14.8. The Morgan fingerprint density at radius 1 is 1.22 bits per heavy atom. The van der Waals surface area contributed by atoms with Gasteiger partial charge in [-0.25, -0.2) is 0 Å². The van der Waals surface area contributed by atoms with E-state index in [0.29, 0.717) is 24.1 Å². The van der Waals surface area contributed by atoms with Crippen LogP contribution in [0, 0.1) is 11.3 Å². The quantitative estimate of drug-likeness (QED) is 0.910. The second-order valence-electron chi connectivity index (χ2n) is 5.37. The van der Waals surface area contributed by atoms with Crippen molar-refractivity contribution in [3.63, 3.8) is 0 Å². The van der Waals surface area contributed by atoms with Gasteiger partial charge in [-0.15, -0.1) is 0 Å². The van der Waals surface area contributed by atoms with E-state index in [0.717, 1.165) is 11.3 Å². The Hall–Kier alpha value is -3.13. The Kier molecular flexibility index (Phi) is 4.07. The lowest BCUT2D eigenvalue weighted by atomic mass is 9.97. The maximum atomic E-state index is 12.1. The molecule has 0 aromatic heterocycles. The number of fused-ring (bicyclic) bond motifs is 1. The number of benzene rings is 2. The van der Waals surface area contributed by atoms with Crippen molar-refractivity contribution in [2.24, 2.45) is 0 Å². The van der Waals surface area contributed by atoms with Crippen LogP contribution in [0.3, 0.4) is 0 Å². The first-order chi connectivity index (χ1) is 11.2. The highest BCUT2D eigenvalue weighted by molar-refractivity contribution is 6.02. The summed E-state index contributed by atoms with van der Waals surface area (Å²) >= 11 is 0. The Morgan fingerprint density at radius 3 is 2.87 bits per heavy atom. The van der Waals surface area contributed by atoms with Crippen molar-refractivity contribution in [1.29, 1.82) is 5.26 Å². The Labute approximate surface area is 133 Å². The van der Waals surface area contributed by atoms with Crippen LogP contribution in [-0.4, -0.2) is 18.4 Å². The van der Waals surface area contributed by atoms with Crippen LogP contribution in [0.25, 0.3) is 0 Å². The van der Waals surface area contributed by atoms with Gasteiger partial charge in [0, 0.05) is 17.8 Å². The van der Waals surface area contributed by atoms with Gasteiger partial charge in [0.25, 0.3) is 5.91 Å². The van der Waals surface area contributed by atoms with Crippen molar-refractivity contribution in [3.8, 4) is 6.07 Å². The fraction of sp³-hybridized carbons (Fsp3) is 0.167. The molecule has 0 aliphatic carbocycles. The number of amides is 2. The van der Waals surface area contributed by atoms with E-state index in [1.54, 1.807) is 24.3 Å². The van der Waals surface area contributed by atoms with Crippen LogP contribution in [0.5, 0.6) is 0 Å². The fourth-order valence-corrected chi connectivity index (χ4v) is 2.72. The highest BCUT2D eigenvalue weighted by Gasteiger charge is 2.29. The second kappa shape index (κ2) is 6.32. The number of hydrogen-bond donors (Lipinski definition) is 2. The van der Waals surface area contributed by atoms with Crippen LogP contribution in [0.4, 0.5) is 5.69 Å². The van der Waals surface area contributed by atoms with Gasteiger partial charge in [0.1, 0.15) is 0 Å². The average molecular weight is 305 g/mol. The lowest BCUT2D eigenvalue weighted by Gasteiger charge is -2.10. The molecule has 1 heterocycles. The van der Waals surface area contributed by atoms with Crippen molar-refractivity contribution >= 4 is 17.5 Å². The molecule has 2 N–H and O–H groups in total. The molecule has 114 valence electrons. The predicted octanol–water partition coefficient (Wildman–Crippen LogP) is 2.41. The van der Waals surface area contributed by atoms with Crippen LogP contribution in [-0.2, 0) is 4.79 Å². The molecule has 2 aromatic rings. The molecule has 1 atom stereocenters. The first-order valence-corrected chi connectivity index (χ1v) is 7.37. The predicted molar refractivity (Wildman–Crippen MR) is 85.9 cm³/mol. The number of nitrogens with zero attached hydrogens (tertiary/aromatic N) is 1. The summed E-state index contributed by atoms with van der Waals surface area (Å²) in [5.41, 5.74) is 2.70. The summed E-state index contributed by atoms with van der Waals surface area (Å²) in [4.78, 5) is 24.1. The van der Waals surface area contributed by atoms with Gasteiger partial charge in [-0.1, -0.05) is 24.3 Å². The van der Waals surface area contributed by atoms with E-state index < -0.39 is 0 Å². The average Bonchev–Trinajstić information content (AvgIpc) is 2.90. The third-order valence-corrected chi connectivity index (χ3v) is 3.88. The topological polar surface area (TPSA) is 82.0 Å². The Balaban J connectivity index is 1.60. The molecule has 0 spiro atoms. The van der Waals surface area contributed by atoms with Crippen LogP contribution >= 0.6 is 0 Å². The molecule has 0 bridgehead atoms. The first-order valence-electron chi connectivity index (χ1n) is 7.37. The molecule has 0 fully saturated rings. The smallest absolute Gasteiger partial charge is 0.251 e. The summed E-state index contributed by atoms with van der Waals surface area (Å²) in [7, 11) is 0. The van der Waals surface area contributed by atoms with E-state index in [9.17, 15) is 9.59 Å². The highest BCUT2D eigenvalue weighted by Crippen LogP contribution is 2.33. The molecular formula is C18H15N3O2. The number of anilines is 1. The summed E-state index contributed by atoms with van der Waals surface area (Å²) in [6, 6.07) is 16.1. The highest BCUT2D eigenvalue weighted by atomic mass is 16.2. The molecule has 0 radical (unpaired) electrons. The molecule has 3 rings (SSSR count). The molecule has 0 saturated carbocycles. The molecule has 1 unspecified atom stereocenters. The Morgan fingerprint density at radius 2 is 2.04 bits per heavy atom. The molecule has 2 aromatic carbocycles. The zero-order valence-corrected chi connectivity index (χ0v) is 12.4. The van der Waals surface area contributed by atoms with E-state index in [2.05, 4.69) is 10.6 Å². The summed E-state index contributed by atoms with van der Waals surface area (Å²) in [6.45, 7) is 0.391. The number of hydrogen-bond acceptors (Lipinski definition) is 3. The van der Waals surface area contributed by atoms with Gasteiger partial charge in [0.15, 0.2) is 0 Å². The third kappa shape index (κ3) is 3.06. The van der Waals surface area contributed by atoms with E-state index in [4.69, 9.17) is 5.26 Å². The minimum Gasteiger partial charge on any atom is -0.352 e. The zero-order chi connectivity index (χ0) is 16.2. The summed E-state index contributed by atoms with van der Waals surface area (Å²) in [5.74, 6) is -0.516. The second-order valence-corrected chi connectivity index (χ2v) is 5.37. The standard InChI is InChI=1S/C18H15N3O2/c19-11-12-4-3-5-13(10-12)17(22)20-9-8-15-14-6-1-2-7-16(14)21-18(15)23/h1-7,10,15H,8-9H2,(H,20,22)(H,21,23). The number of carbonyl (C=O) groups excluding carboxylic acids is 2. The fourth-order valence-electron chi connectivity index (χ4n) is 2.72. The SMILES string of the molecule is N#Cc1cccc(C(=O)NCCC2C(=O)Nc3ccccc32)c1. The van der Waals surface area contributed by atoms with E-state index in [1.807, 2.05) is 30.3 Å². The lowest BCUT2D eigenvalue weighted by Crippen LogP contribution is -2.27. The molecule has 5 heteroatoms. The monoisotopic (exact) mass is 305 g/mol. The summed E-state index contributed by atoms with van der Waals surface area (Å²) < 4.78 is 0. The van der Waals surface area contributed by atoms with Gasteiger partial charge in [0.2, 0.25) is 5.91 Å². The van der Waals surface area contributed by atoms with Crippen LogP contribution in [0.2, 0.25) is 0 Å². The van der Waals surface area contributed by atoms with E-state index in [1.165, 1.54) is 0 Å². The maximum absolute atomic E-state index is 12.1. The van der Waals surface area contributed by atoms with Crippen molar-refractivity contribution in [2.45, 2.75) is 12.3 Å². The van der Waals surface area contributed by atoms with Gasteiger partial charge in [-0.3, -0.25) is 9.59 Å². The van der Waals surface area contributed by atoms with Gasteiger partial charge in [0.05, 0.1) is 17.6 Å². The van der Waals surface area contributed by atoms with Crippen molar-refractivity contribution < 1.29 is 9.59 Å². The number of carbonyl (C=O) groups is 2. The number of rotatable bonds is 4. The molecule has 23 heavy (non-hydrogen) atoms. The largest absolute Gasteiger partial charge is 0.352 e. The van der Waals surface area contributed by atoms with Crippen LogP contribution < -0.4 is 10.6 Å². The zero-order valence-electron chi connectivity index (χ0n) is 12.4.